The van der Waals surface area contributed by atoms with Crippen molar-refractivity contribution in [3.8, 4) is 0 Å². The smallest absolute Gasteiger partial charge is 0.211 e. The van der Waals surface area contributed by atoms with Gasteiger partial charge in [0.25, 0.3) is 0 Å². The van der Waals surface area contributed by atoms with Gasteiger partial charge in [0.15, 0.2) is 0 Å². The molecule has 0 fully saturated rings. The van der Waals surface area contributed by atoms with Gasteiger partial charge in [-0.15, -0.1) is 0 Å². The van der Waals surface area contributed by atoms with E-state index in [9.17, 15) is 8.42 Å². The van der Waals surface area contributed by atoms with Crippen molar-refractivity contribution in [1.29, 1.82) is 0 Å². The van der Waals surface area contributed by atoms with Crippen molar-refractivity contribution in [1.82, 2.24) is 10.0 Å². The molecule has 0 spiro atoms. The van der Waals surface area contributed by atoms with Gasteiger partial charge in [0.2, 0.25) is 10.0 Å². The van der Waals surface area contributed by atoms with Crippen LogP contribution in [-0.2, 0) is 14.8 Å². The standard InChI is InChI=1S/C9H22N2O3S/c1-9(5-7-14-3)11-15(12,13)8-4-6-10-2/h9-11H,4-8H2,1-3H3. The van der Waals surface area contributed by atoms with E-state index in [0.717, 1.165) is 0 Å². The highest BCUT2D eigenvalue weighted by molar-refractivity contribution is 7.89. The summed E-state index contributed by atoms with van der Waals surface area (Å²) in [5, 5.41) is 2.92. The second kappa shape index (κ2) is 8.04. The molecule has 15 heavy (non-hydrogen) atoms. The number of nitrogens with one attached hydrogen (secondary N) is 2. The Morgan fingerprint density at radius 1 is 1.40 bits per heavy atom. The summed E-state index contributed by atoms with van der Waals surface area (Å²) < 4.78 is 30.5. The Balaban J connectivity index is 3.81. The molecule has 0 heterocycles. The molecule has 92 valence electrons. The van der Waals surface area contributed by atoms with Gasteiger partial charge < -0.3 is 10.1 Å². The summed E-state index contributed by atoms with van der Waals surface area (Å²) in [6.07, 6.45) is 1.32. The molecule has 0 saturated heterocycles. The van der Waals surface area contributed by atoms with Gasteiger partial charge in [-0.2, -0.15) is 0 Å². The van der Waals surface area contributed by atoms with Crippen molar-refractivity contribution in [2.24, 2.45) is 0 Å². The largest absolute Gasteiger partial charge is 0.385 e. The number of rotatable bonds is 9. The molecule has 0 rings (SSSR count). The number of sulfonamides is 1. The molecule has 1 atom stereocenters. The van der Waals surface area contributed by atoms with E-state index >= 15 is 0 Å². The first-order chi connectivity index (χ1) is 7.02. The quantitative estimate of drug-likeness (QED) is 0.552. The minimum atomic E-state index is -3.13. The Hall–Kier alpha value is -0.170. The van der Waals surface area contributed by atoms with E-state index in [1.807, 2.05) is 6.92 Å². The molecule has 6 heteroatoms. The lowest BCUT2D eigenvalue weighted by molar-refractivity contribution is 0.188. The van der Waals surface area contributed by atoms with Crippen LogP contribution in [0.25, 0.3) is 0 Å². The van der Waals surface area contributed by atoms with Crippen molar-refractivity contribution in [2.45, 2.75) is 25.8 Å². The van der Waals surface area contributed by atoms with Gasteiger partial charge in [-0.1, -0.05) is 0 Å². The molecule has 0 aromatic heterocycles. The minimum Gasteiger partial charge on any atom is -0.385 e. The zero-order chi connectivity index (χ0) is 11.7. The molecule has 0 aliphatic rings. The average Bonchev–Trinajstić information content (AvgIpc) is 2.14. The topological polar surface area (TPSA) is 67.4 Å². The predicted octanol–water partition coefficient (Wildman–Crippen LogP) is -0.0597. The van der Waals surface area contributed by atoms with E-state index in [1.54, 1.807) is 14.2 Å². The molecule has 0 saturated carbocycles. The fourth-order valence-electron chi connectivity index (χ4n) is 1.16. The average molecular weight is 238 g/mol. The first kappa shape index (κ1) is 14.8. The first-order valence-corrected chi connectivity index (χ1v) is 6.80. The van der Waals surface area contributed by atoms with E-state index < -0.39 is 10.0 Å². The fraction of sp³-hybridized carbons (Fsp3) is 1.00. The third-order valence-corrected chi connectivity index (χ3v) is 3.56. The van der Waals surface area contributed by atoms with Gasteiger partial charge in [-0.25, -0.2) is 13.1 Å². The maximum Gasteiger partial charge on any atom is 0.211 e. The number of ether oxygens (including phenoxy) is 1. The summed E-state index contributed by atoms with van der Waals surface area (Å²) in [6.45, 7) is 3.13. The van der Waals surface area contributed by atoms with Gasteiger partial charge >= 0.3 is 0 Å². The molecule has 2 N–H and O–H groups in total. The Labute approximate surface area is 92.6 Å². The van der Waals surface area contributed by atoms with Crippen molar-refractivity contribution in [3.05, 3.63) is 0 Å². The first-order valence-electron chi connectivity index (χ1n) is 5.15. The van der Waals surface area contributed by atoms with Crippen LogP contribution in [0.2, 0.25) is 0 Å². The zero-order valence-corrected chi connectivity index (χ0v) is 10.6. The van der Waals surface area contributed by atoms with Crippen LogP contribution >= 0.6 is 0 Å². The van der Waals surface area contributed by atoms with E-state index in [1.165, 1.54) is 0 Å². The SMILES string of the molecule is CNCCCS(=O)(=O)NC(C)CCOC. The fourth-order valence-corrected chi connectivity index (χ4v) is 2.53. The number of hydrogen-bond acceptors (Lipinski definition) is 4. The Morgan fingerprint density at radius 3 is 2.60 bits per heavy atom. The van der Waals surface area contributed by atoms with E-state index in [-0.39, 0.29) is 11.8 Å². The summed E-state index contributed by atoms with van der Waals surface area (Å²) in [5.74, 6) is 0.172. The third kappa shape index (κ3) is 8.80. The van der Waals surface area contributed by atoms with Gasteiger partial charge in [0, 0.05) is 19.8 Å². The lowest BCUT2D eigenvalue weighted by atomic mass is 10.3. The summed E-state index contributed by atoms with van der Waals surface area (Å²) in [7, 11) is 0.283. The van der Waals surface area contributed by atoms with Crippen LogP contribution < -0.4 is 10.0 Å². The summed E-state index contributed by atoms with van der Waals surface area (Å²) >= 11 is 0. The molecule has 0 aliphatic heterocycles. The monoisotopic (exact) mass is 238 g/mol. The van der Waals surface area contributed by atoms with E-state index in [0.29, 0.717) is 26.0 Å². The molecule has 0 aliphatic carbocycles. The molecule has 5 nitrogen and oxygen atoms in total. The molecular formula is C9H22N2O3S. The maximum absolute atomic E-state index is 11.5. The molecular weight excluding hydrogens is 216 g/mol. The predicted molar refractivity (Wildman–Crippen MR) is 61.4 cm³/mol. The maximum atomic E-state index is 11.5. The lowest BCUT2D eigenvalue weighted by Gasteiger charge is -2.13. The number of hydrogen-bond donors (Lipinski definition) is 2. The highest BCUT2D eigenvalue weighted by Gasteiger charge is 2.13. The summed E-state index contributed by atoms with van der Waals surface area (Å²) in [6, 6.07) is -0.0652. The normalized spacial score (nSPS) is 14.1. The molecule has 0 aromatic rings. The van der Waals surface area contributed by atoms with Crippen molar-refractivity contribution in [3.63, 3.8) is 0 Å². The zero-order valence-electron chi connectivity index (χ0n) is 9.75. The van der Waals surface area contributed by atoms with Crippen molar-refractivity contribution >= 4 is 10.0 Å². The molecule has 0 bridgehead atoms. The van der Waals surface area contributed by atoms with Crippen LogP contribution in [0.5, 0.6) is 0 Å². The lowest BCUT2D eigenvalue weighted by Crippen LogP contribution is -2.35. The Bertz CT molecular complexity index is 242. The number of methoxy groups -OCH3 is 1. The molecule has 1 unspecified atom stereocenters. The highest BCUT2D eigenvalue weighted by atomic mass is 32.2. The van der Waals surface area contributed by atoms with Crippen LogP contribution in [0.15, 0.2) is 0 Å². The Morgan fingerprint density at radius 2 is 2.07 bits per heavy atom. The Kier molecular flexibility index (Phi) is 7.95. The van der Waals surface area contributed by atoms with Gasteiger partial charge in [-0.05, 0) is 33.4 Å². The van der Waals surface area contributed by atoms with Crippen LogP contribution in [0.1, 0.15) is 19.8 Å². The van der Waals surface area contributed by atoms with Crippen molar-refractivity contribution < 1.29 is 13.2 Å². The second-order valence-corrected chi connectivity index (χ2v) is 5.45. The van der Waals surface area contributed by atoms with Gasteiger partial charge in [-0.3, -0.25) is 0 Å². The third-order valence-electron chi connectivity index (χ3n) is 1.98. The summed E-state index contributed by atoms with van der Waals surface area (Å²) in [5.41, 5.74) is 0. The van der Waals surface area contributed by atoms with Crippen LogP contribution in [0.4, 0.5) is 0 Å². The van der Waals surface area contributed by atoms with E-state index in [4.69, 9.17) is 4.74 Å². The molecule has 0 aromatic carbocycles. The highest BCUT2D eigenvalue weighted by Crippen LogP contribution is 1.96. The van der Waals surface area contributed by atoms with Crippen LogP contribution in [0, 0.1) is 0 Å². The van der Waals surface area contributed by atoms with Crippen LogP contribution in [-0.4, -0.2) is 47.5 Å². The van der Waals surface area contributed by atoms with Crippen LogP contribution in [0.3, 0.4) is 0 Å². The van der Waals surface area contributed by atoms with Gasteiger partial charge in [0.05, 0.1) is 5.75 Å². The summed E-state index contributed by atoms with van der Waals surface area (Å²) in [4.78, 5) is 0. The van der Waals surface area contributed by atoms with E-state index in [2.05, 4.69) is 10.0 Å². The molecule has 0 radical (unpaired) electrons. The van der Waals surface area contributed by atoms with Crippen molar-refractivity contribution in [2.75, 3.05) is 33.1 Å². The van der Waals surface area contributed by atoms with Gasteiger partial charge in [0.1, 0.15) is 0 Å². The second-order valence-electron chi connectivity index (χ2n) is 3.58. The molecule has 0 amide bonds. The minimum absolute atomic E-state index is 0.0652.